The lowest BCUT2D eigenvalue weighted by atomic mass is 9.98. The van der Waals surface area contributed by atoms with Gasteiger partial charge in [-0.1, -0.05) is 24.3 Å². The number of rotatable bonds is 4. The number of esters is 1. The molecule has 0 bridgehead atoms. The lowest BCUT2D eigenvalue weighted by Crippen LogP contribution is -2.16. The summed E-state index contributed by atoms with van der Waals surface area (Å²) in [5, 5.41) is 0. The Kier molecular flexibility index (Phi) is 3.98. The molecular weight excluding hydrogens is 256 g/mol. The molecule has 0 spiro atoms. The van der Waals surface area contributed by atoms with Gasteiger partial charge in [-0.05, 0) is 19.4 Å². The summed E-state index contributed by atoms with van der Waals surface area (Å²) in [6.45, 7) is 3.44. The molecule has 5 nitrogen and oxygen atoms in total. The Balaban J connectivity index is 2.47. The summed E-state index contributed by atoms with van der Waals surface area (Å²) in [7, 11) is 1.33. The Bertz CT molecular complexity index is 646. The van der Waals surface area contributed by atoms with Crippen LogP contribution in [0.4, 0.5) is 0 Å². The zero-order valence-corrected chi connectivity index (χ0v) is 11.7. The fraction of sp³-hybridized carbons (Fsp3) is 0.267. The van der Waals surface area contributed by atoms with E-state index in [-0.39, 0.29) is 11.8 Å². The Morgan fingerprint density at radius 2 is 2.00 bits per heavy atom. The maximum atomic E-state index is 11.7. The minimum absolute atomic E-state index is 0.00724. The first-order valence-electron chi connectivity index (χ1n) is 6.26. The van der Waals surface area contributed by atoms with E-state index < -0.39 is 5.97 Å². The highest BCUT2D eigenvalue weighted by Crippen LogP contribution is 2.23. The van der Waals surface area contributed by atoms with Crippen molar-refractivity contribution in [3.63, 3.8) is 0 Å². The summed E-state index contributed by atoms with van der Waals surface area (Å²) in [5.74, 6) is -0.457. The Morgan fingerprint density at radius 3 is 2.65 bits per heavy atom. The molecule has 2 rings (SSSR count). The SMILES string of the molecule is COC(=O)c1cncn1[C@@H](C)c1ccccc1C(C)=O. The summed E-state index contributed by atoms with van der Waals surface area (Å²) in [6.07, 6.45) is 3.02. The van der Waals surface area contributed by atoms with Crippen molar-refractivity contribution in [3.8, 4) is 0 Å². The molecule has 1 atom stereocenters. The first-order valence-corrected chi connectivity index (χ1v) is 6.26. The van der Waals surface area contributed by atoms with Crippen LogP contribution in [0.5, 0.6) is 0 Å². The van der Waals surface area contributed by atoms with Crippen LogP contribution in [0.25, 0.3) is 0 Å². The van der Waals surface area contributed by atoms with Crippen LogP contribution >= 0.6 is 0 Å². The first-order chi connectivity index (χ1) is 9.56. The van der Waals surface area contributed by atoms with Crippen molar-refractivity contribution >= 4 is 11.8 Å². The van der Waals surface area contributed by atoms with E-state index >= 15 is 0 Å². The molecule has 2 aromatic rings. The predicted octanol–water partition coefficient (Wildman–Crippen LogP) is 2.48. The molecule has 20 heavy (non-hydrogen) atoms. The Hall–Kier alpha value is -2.43. The third kappa shape index (κ3) is 2.47. The number of hydrogen-bond acceptors (Lipinski definition) is 4. The average molecular weight is 272 g/mol. The van der Waals surface area contributed by atoms with Crippen molar-refractivity contribution in [2.75, 3.05) is 7.11 Å². The molecule has 1 aromatic carbocycles. The van der Waals surface area contributed by atoms with Crippen LogP contribution in [-0.4, -0.2) is 28.4 Å². The van der Waals surface area contributed by atoms with Gasteiger partial charge >= 0.3 is 5.97 Å². The summed E-state index contributed by atoms with van der Waals surface area (Å²) in [5.41, 5.74) is 1.85. The number of methoxy groups -OCH3 is 1. The molecule has 0 aliphatic heterocycles. The number of nitrogens with zero attached hydrogens (tertiary/aromatic N) is 2. The smallest absolute Gasteiger partial charge is 0.356 e. The van der Waals surface area contributed by atoms with Gasteiger partial charge in [-0.3, -0.25) is 4.79 Å². The van der Waals surface area contributed by atoms with Crippen LogP contribution in [0.15, 0.2) is 36.8 Å². The van der Waals surface area contributed by atoms with Gasteiger partial charge in [0.15, 0.2) is 5.78 Å². The van der Waals surface area contributed by atoms with E-state index in [2.05, 4.69) is 4.98 Å². The number of ketones is 1. The van der Waals surface area contributed by atoms with E-state index in [1.165, 1.54) is 20.2 Å². The van der Waals surface area contributed by atoms with Crippen LogP contribution in [-0.2, 0) is 4.74 Å². The van der Waals surface area contributed by atoms with Gasteiger partial charge in [0.2, 0.25) is 0 Å². The predicted molar refractivity (Wildman–Crippen MR) is 73.8 cm³/mol. The highest BCUT2D eigenvalue weighted by atomic mass is 16.5. The zero-order chi connectivity index (χ0) is 14.7. The van der Waals surface area contributed by atoms with Crippen molar-refractivity contribution in [3.05, 3.63) is 53.6 Å². The lowest BCUT2D eigenvalue weighted by molar-refractivity contribution is 0.0587. The topological polar surface area (TPSA) is 61.2 Å². The largest absolute Gasteiger partial charge is 0.464 e. The molecule has 104 valence electrons. The lowest BCUT2D eigenvalue weighted by Gasteiger charge is -2.18. The summed E-state index contributed by atoms with van der Waals surface area (Å²) in [4.78, 5) is 27.4. The third-order valence-electron chi connectivity index (χ3n) is 3.27. The van der Waals surface area contributed by atoms with Crippen LogP contribution < -0.4 is 0 Å². The number of benzene rings is 1. The number of carbonyl (C=O) groups is 2. The summed E-state index contributed by atoms with van der Waals surface area (Å²) in [6, 6.07) is 7.16. The molecular formula is C15H16N2O3. The van der Waals surface area contributed by atoms with Crippen molar-refractivity contribution in [2.24, 2.45) is 0 Å². The second kappa shape index (κ2) is 5.69. The maximum absolute atomic E-state index is 11.7. The number of hydrogen-bond donors (Lipinski definition) is 0. The minimum Gasteiger partial charge on any atom is -0.464 e. The summed E-state index contributed by atoms with van der Waals surface area (Å²) < 4.78 is 6.43. The summed E-state index contributed by atoms with van der Waals surface area (Å²) >= 11 is 0. The Labute approximate surface area is 117 Å². The van der Waals surface area contributed by atoms with Crippen molar-refractivity contribution in [1.29, 1.82) is 0 Å². The molecule has 0 saturated heterocycles. The van der Waals surface area contributed by atoms with Gasteiger partial charge in [-0.25, -0.2) is 9.78 Å². The number of carbonyl (C=O) groups excluding carboxylic acids is 2. The fourth-order valence-electron chi connectivity index (χ4n) is 2.21. The molecule has 0 unspecified atom stereocenters. The fourth-order valence-corrected chi connectivity index (χ4v) is 2.21. The van der Waals surface area contributed by atoms with Gasteiger partial charge in [0.1, 0.15) is 5.69 Å². The van der Waals surface area contributed by atoms with Crippen LogP contribution in [0.1, 0.15) is 46.3 Å². The highest BCUT2D eigenvalue weighted by molar-refractivity contribution is 5.95. The number of ether oxygens (including phenoxy) is 1. The van der Waals surface area contributed by atoms with E-state index in [9.17, 15) is 9.59 Å². The van der Waals surface area contributed by atoms with E-state index in [1.54, 1.807) is 17.0 Å². The molecule has 0 fully saturated rings. The molecule has 0 N–H and O–H groups in total. The van der Waals surface area contributed by atoms with E-state index in [0.717, 1.165) is 5.56 Å². The Morgan fingerprint density at radius 1 is 1.30 bits per heavy atom. The molecule has 0 radical (unpaired) electrons. The van der Waals surface area contributed by atoms with Gasteiger partial charge in [0.05, 0.1) is 25.7 Å². The molecule has 1 heterocycles. The second-order valence-electron chi connectivity index (χ2n) is 4.50. The highest BCUT2D eigenvalue weighted by Gasteiger charge is 2.20. The second-order valence-corrected chi connectivity index (χ2v) is 4.50. The molecule has 0 saturated carbocycles. The van der Waals surface area contributed by atoms with Gasteiger partial charge in [-0.15, -0.1) is 0 Å². The quantitative estimate of drug-likeness (QED) is 0.633. The third-order valence-corrected chi connectivity index (χ3v) is 3.27. The van der Waals surface area contributed by atoms with Gasteiger partial charge < -0.3 is 9.30 Å². The monoisotopic (exact) mass is 272 g/mol. The van der Waals surface area contributed by atoms with E-state index in [1.807, 2.05) is 25.1 Å². The van der Waals surface area contributed by atoms with Crippen molar-refractivity contribution < 1.29 is 14.3 Å². The average Bonchev–Trinajstić information content (AvgIpc) is 2.95. The molecule has 5 heteroatoms. The van der Waals surface area contributed by atoms with E-state index in [0.29, 0.717) is 11.3 Å². The minimum atomic E-state index is -0.449. The van der Waals surface area contributed by atoms with E-state index in [4.69, 9.17) is 4.74 Å². The van der Waals surface area contributed by atoms with Crippen molar-refractivity contribution in [1.82, 2.24) is 9.55 Å². The van der Waals surface area contributed by atoms with Gasteiger partial charge in [0.25, 0.3) is 0 Å². The zero-order valence-electron chi connectivity index (χ0n) is 11.7. The number of imidazole rings is 1. The molecule has 1 aromatic heterocycles. The normalized spacial score (nSPS) is 11.9. The number of Topliss-reactive ketones (excluding diaryl/α,β-unsaturated/α-hetero) is 1. The molecule has 0 amide bonds. The van der Waals surface area contributed by atoms with Crippen LogP contribution in [0, 0.1) is 0 Å². The molecule has 0 aliphatic carbocycles. The number of aromatic nitrogens is 2. The maximum Gasteiger partial charge on any atom is 0.356 e. The van der Waals surface area contributed by atoms with Crippen molar-refractivity contribution in [2.45, 2.75) is 19.9 Å². The van der Waals surface area contributed by atoms with Gasteiger partial charge in [0, 0.05) is 5.56 Å². The van der Waals surface area contributed by atoms with Gasteiger partial charge in [-0.2, -0.15) is 0 Å². The molecule has 0 aliphatic rings. The van der Waals surface area contributed by atoms with Crippen LogP contribution in [0.3, 0.4) is 0 Å². The van der Waals surface area contributed by atoms with Crippen LogP contribution in [0.2, 0.25) is 0 Å². The first kappa shape index (κ1) is 14.0. The standard InChI is InChI=1S/C15H16N2O3/c1-10(12-6-4-5-7-13(12)11(2)18)17-9-16-8-14(17)15(19)20-3/h4-10H,1-3H3/t10-/m0/s1.